The Morgan fingerprint density at radius 1 is 1.62 bits per heavy atom. The lowest BCUT2D eigenvalue weighted by Crippen LogP contribution is -2.58. The smallest absolute Gasteiger partial charge is 0.246 e. The first-order valence-electron chi connectivity index (χ1n) is 4.18. The summed E-state index contributed by atoms with van der Waals surface area (Å²) in [6, 6.07) is -0.208. The third-order valence-corrected chi connectivity index (χ3v) is 2.45. The van der Waals surface area contributed by atoms with Crippen molar-refractivity contribution in [3.05, 3.63) is 11.9 Å². The van der Waals surface area contributed by atoms with Crippen LogP contribution in [0.15, 0.2) is 16.9 Å². The van der Waals surface area contributed by atoms with Gasteiger partial charge in [0.1, 0.15) is 12.1 Å². The molecule has 0 aliphatic carbocycles. The molecule has 0 aromatic heterocycles. The van der Waals surface area contributed by atoms with Crippen LogP contribution in [0.4, 0.5) is 0 Å². The maximum absolute atomic E-state index is 11.5. The van der Waals surface area contributed by atoms with Crippen LogP contribution in [0.3, 0.4) is 0 Å². The molecular weight excluding hydrogens is 170 g/mol. The van der Waals surface area contributed by atoms with Gasteiger partial charge < -0.3 is 5.32 Å². The summed E-state index contributed by atoms with van der Waals surface area (Å²) in [4.78, 5) is 15.5. The number of piperazine rings is 1. The second kappa shape index (κ2) is 2.30. The van der Waals surface area contributed by atoms with Crippen molar-refractivity contribution in [2.75, 3.05) is 6.54 Å². The molecule has 0 saturated carbocycles. The molecule has 6 heteroatoms. The molecule has 0 aromatic carbocycles. The van der Waals surface area contributed by atoms with Crippen LogP contribution in [0, 0.1) is 0 Å². The lowest BCUT2D eigenvalue weighted by atomic mass is 10.1. The number of carbonyl (C=O) groups is 1. The number of rotatable bonds is 0. The Morgan fingerprint density at radius 2 is 2.54 bits per heavy atom. The number of nitrogens with zero attached hydrogens (tertiary/aromatic N) is 2. The first-order valence-corrected chi connectivity index (χ1v) is 4.18. The quantitative estimate of drug-likeness (QED) is 0.406. The van der Waals surface area contributed by atoms with E-state index in [1.165, 1.54) is 0 Å². The van der Waals surface area contributed by atoms with Crippen molar-refractivity contribution in [3.63, 3.8) is 0 Å². The fraction of sp³-hybridized carbons (Fsp3) is 0.429. The molecule has 6 nitrogen and oxygen atoms in total. The summed E-state index contributed by atoms with van der Waals surface area (Å²) >= 11 is 0. The molecule has 0 bridgehead atoms. The fourth-order valence-corrected chi connectivity index (χ4v) is 1.79. The second-order valence-corrected chi connectivity index (χ2v) is 3.22. The second-order valence-electron chi connectivity index (χ2n) is 3.22. The fourth-order valence-electron chi connectivity index (χ4n) is 1.79. The number of nitrogens with one attached hydrogen (secondary N) is 3. The van der Waals surface area contributed by atoms with Crippen LogP contribution in [-0.4, -0.2) is 35.8 Å². The number of fused-ring (bicyclic) bond motifs is 3. The molecule has 13 heavy (non-hydrogen) atoms. The molecular formula is C7H9N5O. The molecule has 0 spiro atoms. The summed E-state index contributed by atoms with van der Waals surface area (Å²) in [5.41, 5.74) is 6.86. The van der Waals surface area contributed by atoms with Crippen molar-refractivity contribution in [2.45, 2.75) is 12.1 Å². The lowest BCUT2D eigenvalue weighted by molar-refractivity contribution is -0.127. The largest absolute Gasteiger partial charge is 0.341 e. The molecule has 2 fully saturated rings. The highest BCUT2D eigenvalue weighted by Gasteiger charge is 2.41. The van der Waals surface area contributed by atoms with E-state index >= 15 is 0 Å². The predicted octanol–water partition coefficient (Wildman–Crippen LogP) is -1.90. The van der Waals surface area contributed by atoms with Gasteiger partial charge in [0.05, 0.1) is 5.70 Å². The number of hydrazine groups is 2. The zero-order valence-corrected chi connectivity index (χ0v) is 6.82. The third-order valence-electron chi connectivity index (χ3n) is 2.45. The molecule has 2 atom stereocenters. The van der Waals surface area contributed by atoms with Gasteiger partial charge >= 0.3 is 0 Å². The predicted molar refractivity (Wildman–Crippen MR) is 45.3 cm³/mol. The lowest BCUT2D eigenvalue weighted by Gasteiger charge is -2.33. The number of carbonyl (C=O) groups excluding carboxylic acids is 1. The van der Waals surface area contributed by atoms with Crippen molar-refractivity contribution in [3.8, 4) is 0 Å². The van der Waals surface area contributed by atoms with Crippen LogP contribution < -0.4 is 16.3 Å². The highest BCUT2D eigenvalue weighted by molar-refractivity contribution is 5.90. The topological polar surface area (TPSA) is 68.8 Å². The van der Waals surface area contributed by atoms with Gasteiger partial charge in [-0.2, -0.15) is 5.53 Å². The van der Waals surface area contributed by atoms with Gasteiger partial charge in [-0.15, -0.1) is 0 Å². The van der Waals surface area contributed by atoms with Gasteiger partial charge in [0.25, 0.3) is 0 Å². The minimum Gasteiger partial charge on any atom is -0.341 e. The normalized spacial score (nSPS) is 35.5. The monoisotopic (exact) mass is 179 g/mol. The number of hydrogen-bond donors (Lipinski definition) is 3. The Bertz CT molecular complexity index is 323. The molecule has 3 heterocycles. The van der Waals surface area contributed by atoms with Crippen LogP contribution >= 0.6 is 0 Å². The van der Waals surface area contributed by atoms with Crippen molar-refractivity contribution >= 4 is 12.1 Å². The third kappa shape index (κ3) is 0.837. The Kier molecular flexibility index (Phi) is 1.25. The zero-order chi connectivity index (χ0) is 8.84. The number of aliphatic imine (C=N–C) groups is 1. The van der Waals surface area contributed by atoms with Crippen molar-refractivity contribution in [2.24, 2.45) is 4.99 Å². The van der Waals surface area contributed by atoms with Crippen molar-refractivity contribution in [1.29, 1.82) is 0 Å². The molecule has 68 valence electrons. The maximum atomic E-state index is 11.5. The van der Waals surface area contributed by atoms with Crippen molar-refractivity contribution < 1.29 is 4.79 Å². The molecule has 1 amide bonds. The first-order chi connectivity index (χ1) is 6.36. The van der Waals surface area contributed by atoms with Gasteiger partial charge in [-0.1, -0.05) is 0 Å². The molecule has 3 aliphatic rings. The highest BCUT2D eigenvalue weighted by Crippen LogP contribution is 2.21. The number of hydrogen-bond acceptors (Lipinski definition) is 5. The molecule has 2 saturated heterocycles. The van der Waals surface area contributed by atoms with Gasteiger partial charge in [0, 0.05) is 19.0 Å². The van der Waals surface area contributed by atoms with E-state index in [1.807, 2.05) is 5.01 Å². The van der Waals surface area contributed by atoms with E-state index in [4.69, 9.17) is 0 Å². The maximum Gasteiger partial charge on any atom is 0.246 e. The van der Waals surface area contributed by atoms with Gasteiger partial charge in [-0.3, -0.25) is 14.8 Å². The van der Waals surface area contributed by atoms with E-state index in [2.05, 4.69) is 21.3 Å². The molecule has 3 aliphatic heterocycles. The standard InChI is InChI=1S/C7H9N5O/c13-7-6-3-9-11-12(6)5-2-8-1-4(5)10-7/h1-2,4,6,9,11H,3H2,(H,10,13). The summed E-state index contributed by atoms with van der Waals surface area (Å²) in [5.74, 6) is 0.0352. The number of amides is 1. The molecule has 0 aromatic rings. The van der Waals surface area contributed by atoms with Gasteiger partial charge in [0.2, 0.25) is 5.91 Å². The summed E-state index contributed by atoms with van der Waals surface area (Å²) in [6.45, 7) is 0.621. The van der Waals surface area contributed by atoms with Crippen LogP contribution in [0.5, 0.6) is 0 Å². The van der Waals surface area contributed by atoms with E-state index in [9.17, 15) is 4.79 Å². The molecule has 2 unspecified atom stereocenters. The first kappa shape index (κ1) is 7.05. The summed E-state index contributed by atoms with van der Waals surface area (Å²) in [5, 5.41) is 4.70. The van der Waals surface area contributed by atoms with E-state index in [0.717, 1.165) is 5.70 Å². The van der Waals surface area contributed by atoms with Gasteiger partial charge in [-0.25, -0.2) is 5.43 Å². The SMILES string of the molecule is O=C1NC2C=NC=C2N2NNCC12. The van der Waals surface area contributed by atoms with E-state index in [0.29, 0.717) is 6.54 Å². The van der Waals surface area contributed by atoms with Gasteiger partial charge in [0.15, 0.2) is 0 Å². The van der Waals surface area contributed by atoms with E-state index < -0.39 is 0 Å². The Hall–Kier alpha value is -1.40. The Morgan fingerprint density at radius 3 is 3.46 bits per heavy atom. The summed E-state index contributed by atoms with van der Waals surface area (Å²) in [6.07, 6.45) is 3.49. The van der Waals surface area contributed by atoms with Crippen molar-refractivity contribution in [1.82, 2.24) is 21.3 Å². The van der Waals surface area contributed by atoms with Crippen LogP contribution in [0.25, 0.3) is 0 Å². The van der Waals surface area contributed by atoms with E-state index in [1.54, 1.807) is 12.4 Å². The minimum atomic E-state index is -0.149. The Labute approximate surface area is 74.6 Å². The molecule has 3 rings (SSSR count). The van der Waals surface area contributed by atoms with Gasteiger partial charge in [-0.05, 0) is 0 Å². The zero-order valence-electron chi connectivity index (χ0n) is 6.82. The Balaban J connectivity index is 1.98. The minimum absolute atomic E-state index is 0.0352. The van der Waals surface area contributed by atoms with Crippen LogP contribution in [-0.2, 0) is 4.79 Å². The highest BCUT2D eigenvalue weighted by atomic mass is 16.2. The summed E-state index contributed by atoms with van der Waals surface area (Å²) < 4.78 is 0. The van der Waals surface area contributed by atoms with Crippen LogP contribution in [0.2, 0.25) is 0 Å². The van der Waals surface area contributed by atoms with Crippen LogP contribution in [0.1, 0.15) is 0 Å². The average molecular weight is 179 g/mol. The average Bonchev–Trinajstić information content (AvgIpc) is 2.66. The molecule has 0 radical (unpaired) electrons. The molecule has 3 N–H and O–H groups in total. The summed E-state index contributed by atoms with van der Waals surface area (Å²) in [7, 11) is 0. The van der Waals surface area contributed by atoms with E-state index in [-0.39, 0.29) is 18.0 Å².